The number of aliphatic imine (C=N–C) groups is 1. The summed E-state index contributed by atoms with van der Waals surface area (Å²) < 4.78 is 7.48. The Morgan fingerprint density at radius 3 is 2.65 bits per heavy atom. The molecule has 8 nitrogen and oxygen atoms in total. The molecule has 3 rings (SSSR count). The number of morpholine rings is 1. The first-order chi connectivity index (χ1) is 12.7. The van der Waals surface area contributed by atoms with Crippen LogP contribution in [0.1, 0.15) is 44.9 Å². The summed E-state index contributed by atoms with van der Waals surface area (Å²) in [4.78, 5) is 7.35. The number of aryl methyl sites for hydroxylation is 1. The Hall–Kier alpha value is -1.67. The van der Waals surface area contributed by atoms with Gasteiger partial charge in [-0.2, -0.15) is 0 Å². The minimum absolute atomic E-state index is 0.225. The van der Waals surface area contributed by atoms with Crippen molar-refractivity contribution in [2.45, 2.75) is 51.1 Å². The lowest BCUT2D eigenvalue weighted by molar-refractivity contribution is -0.0352. The van der Waals surface area contributed by atoms with Crippen LogP contribution in [0, 0.1) is 0 Å². The van der Waals surface area contributed by atoms with Gasteiger partial charge in [0.15, 0.2) is 11.8 Å². The van der Waals surface area contributed by atoms with E-state index in [0.717, 1.165) is 51.2 Å². The highest BCUT2D eigenvalue weighted by molar-refractivity contribution is 5.79. The lowest BCUT2D eigenvalue weighted by atomic mass is 9.80. The van der Waals surface area contributed by atoms with Gasteiger partial charge in [-0.25, -0.2) is 4.99 Å². The van der Waals surface area contributed by atoms with Crippen LogP contribution in [-0.2, 0) is 18.3 Å². The number of aromatic nitrogens is 3. The summed E-state index contributed by atoms with van der Waals surface area (Å²) in [5.74, 6) is 1.72. The lowest BCUT2D eigenvalue weighted by Gasteiger charge is -2.48. The molecule has 2 fully saturated rings. The predicted octanol–water partition coefficient (Wildman–Crippen LogP) is 0.905. The normalized spacial score (nSPS) is 21.5. The minimum atomic E-state index is 0.225. The summed E-state index contributed by atoms with van der Waals surface area (Å²) in [5.41, 5.74) is 0.225. The molecular formula is C18H33N7O. The van der Waals surface area contributed by atoms with E-state index in [1.54, 1.807) is 6.33 Å². The van der Waals surface area contributed by atoms with Gasteiger partial charge >= 0.3 is 0 Å². The fraction of sp³-hybridized carbons (Fsp3) is 0.833. The Bertz CT molecular complexity index is 574. The molecule has 1 aromatic heterocycles. The van der Waals surface area contributed by atoms with E-state index >= 15 is 0 Å². The zero-order valence-electron chi connectivity index (χ0n) is 16.2. The molecule has 0 spiro atoms. The van der Waals surface area contributed by atoms with Gasteiger partial charge in [0.1, 0.15) is 12.9 Å². The van der Waals surface area contributed by atoms with E-state index in [0.29, 0.717) is 6.54 Å². The molecule has 0 bridgehead atoms. The third-order valence-corrected chi connectivity index (χ3v) is 5.58. The predicted molar refractivity (Wildman–Crippen MR) is 102 cm³/mol. The van der Waals surface area contributed by atoms with Gasteiger partial charge in [0, 0.05) is 38.8 Å². The third-order valence-electron chi connectivity index (χ3n) is 5.58. The summed E-state index contributed by atoms with van der Waals surface area (Å²) in [6, 6.07) is 0. The van der Waals surface area contributed by atoms with Crippen molar-refractivity contribution in [3.63, 3.8) is 0 Å². The standard InChI is InChI=1S/C18H33N7O/c1-3-19-17(20-13-16-23-22-15-24(16)2)21-14-18(7-5-4-6-8-18)25-9-11-26-12-10-25/h15H,3-14H2,1-2H3,(H2,19,20,21). The number of hydrogen-bond acceptors (Lipinski definition) is 5. The smallest absolute Gasteiger partial charge is 0.191 e. The molecule has 26 heavy (non-hydrogen) atoms. The quantitative estimate of drug-likeness (QED) is 0.578. The fourth-order valence-corrected chi connectivity index (χ4v) is 4.04. The number of hydrogen-bond donors (Lipinski definition) is 2. The van der Waals surface area contributed by atoms with Gasteiger partial charge in [-0.15, -0.1) is 10.2 Å². The molecule has 8 heteroatoms. The van der Waals surface area contributed by atoms with Gasteiger partial charge in [0.25, 0.3) is 0 Å². The molecule has 1 saturated heterocycles. The Balaban J connectivity index is 1.65. The van der Waals surface area contributed by atoms with Crippen molar-refractivity contribution in [2.75, 3.05) is 39.4 Å². The first kappa shape index (κ1) is 19.1. The van der Waals surface area contributed by atoms with Crippen LogP contribution in [0.3, 0.4) is 0 Å². The van der Waals surface area contributed by atoms with Gasteiger partial charge in [-0.3, -0.25) is 4.90 Å². The van der Waals surface area contributed by atoms with Crippen molar-refractivity contribution in [3.8, 4) is 0 Å². The molecule has 1 aliphatic heterocycles. The highest BCUT2D eigenvalue weighted by Gasteiger charge is 2.38. The zero-order valence-corrected chi connectivity index (χ0v) is 16.2. The summed E-state index contributed by atoms with van der Waals surface area (Å²) in [7, 11) is 1.95. The maximum atomic E-state index is 5.58. The van der Waals surface area contributed by atoms with Crippen LogP contribution < -0.4 is 10.6 Å². The lowest BCUT2D eigenvalue weighted by Crippen LogP contribution is -2.60. The monoisotopic (exact) mass is 363 g/mol. The van der Waals surface area contributed by atoms with Gasteiger partial charge in [0.2, 0.25) is 0 Å². The maximum Gasteiger partial charge on any atom is 0.191 e. The number of ether oxygens (including phenoxy) is 1. The van der Waals surface area contributed by atoms with Gasteiger partial charge in [-0.1, -0.05) is 19.3 Å². The number of guanidine groups is 1. The molecule has 1 saturated carbocycles. The highest BCUT2D eigenvalue weighted by Crippen LogP contribution is 2.33. The molecule has 1 aromatic rings. The van der Waals surface area contributed by atoms with E-state index < -0.39 is 0 Å². The molecule has 146 valence electrons. The maximum absolute atomic E-state index is 5.58. The first-order valence-corrected chi connectivity index (χ1v) is 9.91. The van der Waals surface area contributed by atoms with E-state index in [-0.39, 0.29) is 5.54 Å². The van der Waals surface area contributed by atoms with Crippen LogP contribution in [0.25, 0.3) is 0 Å². The van der Waals surface area contributed by atoms with E-state index in [2.05, 4.69) is 32.7 Å². The third kappa shape index (κ3) is 4.73. The van der Waals surface area contributed by atoms with E-state index in [1.165, 1.54) is 32.1 Å². The summed E-state index contributed by atoms with van der Waals surface area (Å²) >= 11 is 0. The van der Waals surface area contributed by atoms with E-state index in [9.17, 15) is 0 Å². The molecule has 0 aromatic carbocycles. The van der Waals surface area contributed by atoms with Crippen LogP contribution in [0.4, 0.5) is 0 Å². The average Bonchev–Trinajstić information content (AvgIpc) is 3.10. The van der Waals surface area contributed by atoms with Crippen molar-refractivity contribution in [3.05, 3.63) is 12.2 Å². The van der Waals surface area contributed by atoms with Crippen molar-refractivity contribution >= 4 is 5.96 Å². The molecular weight excluding hydrogens is 330 g/mol. The Morgan fingerprint density at radius 2 is 2.00 bits per heavy atom. The summed E-state index contributed by atoms with van der Waals surface area (Å²) in [6.45, 7) is 8.16. The van der Waals surface area contributed by atoms with Crippen LogP contribution in [0.15, 0.2) is 11.3 Å². The molecule has 2 N–H and O–H groups in total. The molecule has 0 atom stereocenters. The van der Waals surface area contributed by atoms with Gasteiger partial charge < -0.3 is 19.9 Å². The summed E-state index contributed by atoms with van der Waals surface area (Å²) in [6.07, 6.45) is 8.19. The zero-order chi connectivity index (χ0) is 18.2. The number of rotatable bonds is 6. The van der Waals surface area contributed by atoms with Crippen molar-refractivity contribution in [1.82, 2.24) is 30.3 Å². The average molecular weight is 364 g/mol. The second-order valence-corrected chi connectivity index (χ2v) is 7.29. The van der Waals surface area contributed by atoms with E-state index in [4.69, 9.17) is 9.73 Å². The van der Waals surface area contributed by atoms with Gasteiger partial charge in [-0.05, 0) is 19.8 Å². The van der Waals surface area contributed by atoms with Crippen LogP contribution >= 0.6 is 0 Å². The SMILES string of the molecule is CCNC(=NCc1nncn1C)NCC1(N2CCOCC2)CCCCC1. The molecule has 2 heterocycles. The first-order valence-electron chi connectivity index (χ1n) is 9.91. The van der Waals surface area contributed by atoms with Gasteiger partial charge in [0.05, 0.1) is 13.2 Å². The Kier molecular flexibility index (Phi) is 6.85. The second kappa shape index (κ2) is 9.32. The van der Waals surface area contributed by atoms with Crippen LogP contribution in [0.5, 0.6) is 0 Å². The van der Waals surface area contributed by atoms with Crippen molar-refractivity contribution in [1.29, 1.82) is 0 Å². The van der Waals surface area contributed by atoms with Crippen molar-refractivity contribution < 1.29 is 4.74 Å². The second-order valence-electron chi connectivity index (χ2n) is 7.29. The Labute approximate surface area is 156 Å². The number of nitrogens with zero attached hydrogens (tertiary/aromatic N) is 5. The molecule has 0 radical (unpaired) electrons. The molecule has 0 unspecified atom stereocenters. The van der Waals surface area contributed by atoms with Crippen LogP contribution in [-0.4, -0.2) is 70.6 Å². The number of nitrogens with one attached hydrogen (secondary N) is 2. The fourth-order valence-electron chi connectivity index (χ4n) is 4.04. The largest absolute Gasteiger partial charge is 0.379 e. The Morgan fingerprint density at radius 1 is 1.23 bits per heavy atom. The molecule has 1 aliphatic carbocycles. The highest BCUT2D eigenvalue weighted by atomic mass is 16.5. The minimum Gasteiger partial charge on any atom is -0.379 e. The van der Waals surface area contributed by atoms with Crippen LogP contribution in [0.2, 0.25) is 0 Å². The molecule has 2 aliphatic rings. The van der Waals surface area contributed by atoms with Crippen molar-refractivity contribution in [2.24, 2.45) is 12.0 Å². The molecule has 0 amide bonds. The summed E-state index contributed by atoms with van der Waals surface area (Å²) in [5, 5.41) is 15.0. The topological polar surface area (TPSA) is 79.6 Å². The van der Waals surface area contributed by atoms with E-state index in [1.807, 2.05) is 11.6 Å².